The van der Waals surface area contributed by atoms with Crippen LogP contribution in [0.4, 0.5) is 0 Å². The maximum atomic E-state index is 4.89. The monoisotopic (exact) mass is 637 g/mol. The molecule has 0 fully saturated rings. The Kier molecular flexibility index (Phi) is 7.49. The van der Waals surface area contributed by atoms with Gasteiger partial charge in [0.2, 0.25) is 0 Å². The first-order valence-corrected chi connectivity index (χ1v) is 16.9. The van der Waals surface area contributed by atoms with Gasteiger partial charge >= 0.3 is 0 Å². The molecule has 0 spiro atoms. The third kappa shape index (κ3) is 5.72. The van der Waals surface area contributed by atoms with Crippen LogP contribution in [0.1, 0.15) is 0 Å². The Morgan fingerprint density at radius 3 is 1.10 bits per heavy atom. The second-order valence-electron chi connectivity index (χ2n) is 12.5. The molecule has 234 valence electrons. The van der Waals surface area contributed by atoms with Crippen LogP contribution in [0, 0.1) is 0 Å². The standard InChI is InChI=1S/C47H31N3/c1-3-12-34(13-4-1)45-48-46(35-14-5-2-6-15-35)50-47(49-45)36-22-19-33(20-23-36)38-24-25-40-31-42(28-26-39(40)29-38)44-18-10-9-17-43(44)41-27-21-32-11-7-8-16-37(32)30-41/h1-31H. The summed E-state index contributed by atoms with van der Waals surface area (Å²) in [4.78, 5) is 14.6. The van der Waals surface area contributed by atoms with E-state index in [9.17, 15) is 0 Å². The van der Waals surface area contributed by atoms with Crippen molar-refractivity contribution in [3.05, 3.63) is 188 Å². The van der Waals surface area contributed by atoms with Crippen LogP contribution in [-0.4, -0.2) is 15.0 Å². The Bertz CT molecular complexity index is 2570. The summed E-state index contributed by atoms with van der Waals surface area (Å²) in [6.45, 7) is 0. The Balaban J connectivity index is 1.03. The first-order chi connectivity index (χ1) is 24.7. The highest BCUT2D eigenvalue weighted by Gasteiger charge is 2.13. The van der Waals surface area contributed by atoms with Gasteiger partial charge in [0.05, 0.1) is 0 Å². The van der Waals surface area contributed by atoms with Crippen molar-refractivity contribution in [3.8, 4) is 67.5 Å². The lowest BCUT2D eigenvalue weighted by Gasteiger charge is -2.13. The summed E-state index contributed by atoms with van der Waals surface area (Å²) in [5.74, 6) is 1.97. The van der Waals surface area contributed by atoms with Crippen LogP contribution in [0.25, 0.3) is 89.1 Å². The van der Waals surface area contributed by atoms with Crippen LogP contribution in [-0.2, 0) is 0 Å². The maximum Gasteiger partial charge on any atom is 0.164 e. The van der Waals surface area contributed by atoms with Crippen molar-refractivity contribution in [1.29, 1.82) is 0 Å². The minimum atomic E-state index is 0.652. The predicted octanol–water partition coefficient (Wildman–Crippen LogP) is 12.2. The van der Waals surface area contributed by atoms with E-state index in [1.165, 1.54) is 49.4 Å². The molecule has 9 rings (SSSR count). The highest BCUT2D eigenvalue weighted by Crippen LogP contribution is 2.36. The Labute approximate surface area is 291 Å². The van der Waals surface area contributed by atoms with Gasteiger partial charge in [-0.15, -0.1) is 0 Å². The number of hydrogen-bond donors (Lipinski definition) is 0. The molecule has 0 bridgehead atoms. The number of benzene rings is 8. The largest absolute Gasteiger partial charge is 0.208 e. The molecule has 0 aliphatic carbocycles. The number of hydrogen-bond acceptors (Lipinski definition) is 3. The number of rotatable bonds is 6. The molecule has 0 aliphatic heterocycles. The SMILES string of the molecule is c1ccc(-c2nc(-c3ccccc3)nc(-c3ccc(-c4ccc5cc(-c6ccccc6-c6ccc7ccccc7c6)ccc5c4)cc3)n2)cc1. The van der Waals surface area contributed by atoms with Crippen molar-refractivity contribution in [3.63, 3.8) is 0 Å². The molecule has 1 aromatic heterocycles. The summed E-state index contributed by atoms with van der Waals surface area (Å²) in [7, 11) is 0. The fourth-order valence-electron chi connectivity index (χ4n) is 6.69. The van der Waals surface area contributed by atoms with Gasteiger partial charge in [0.25, 0.3) is 0 Å². The minimum Gasteiger partial charge on any atom is -0.208 e. The van der Waals surface area contributed by atoms with E-state index in [1.54, 1.807) is 0 Å². The molecule has 0 unspecified atom stereocenters. The van der Waals surface area contributed by atoms with Crippen molar-refractivity contribution in [2.24, 2.45) is 0 Å². The number of aromatic nitrogens is 3. The predicted molar refractivity (Wildman–Crippen MR) is 207 cm³/mol. The van der Waals surface area contributed by atoms with E-state index in [4.69, 9.17) is 15.0 Å². The van der Waals surface area contributed by atoms with Crippen LogP contribution < -0.4 is 0 Å². The van der Waals surface area contributed by atoms with Gasteiger partial charge in [0, 0.05) is 16.7 Å². The van der Waals surface area contributed by atoms with Gasteiger partial charge in [-0.2, -0.15) is 0 Å². The van der Waals surface area contributed by atoms with E-state index < -0.39 is 0 Å². The van der Waals surface area contributed by atoms with Crippen molar-refractivity contribution in [1.82, 2.24) is 15.0 Å². The van der Waals surface area contributed by atoms with Gasteiger partial charge in [-0.3, -0.25) is 0 Å². The van der Waals surface area contributed by atoms with E-state index in [0.717, 1.165) is 22.3 Å². The van der Waals surface area contributed by atoms with Crippen LogP contribution >= 0.6 is 0 Å². The summed E-state index contributed by atoms with van der Waals surface area (Å²) in [6, 6.07) is 66.1. The van der Waals surface area contributed by atoms with Crippen LogP contribution in [0.2, 0.25) is 0 Å². The van der Waals surface area contributed by atoms with E-state index in [1.807, 2.05) is 60.7 Å². The van der Waals surface area contributed by atoms with E-state index in [2.05, 4.69) is 127 Å². The minimum absolute atomic E-state index is 0.652. The molecule has 0 amide bonds. The average molecular weight is 638 g/mol. The van der Waals surface area contributed by atoms with E-state index in [-0.39, 0.29) is 0 Å². The molecule has 0 atom stereocenters. The lowest BCUT2D eigenvalue weighted by molar-refractivity contribution is 1.07. The highest BCUT2D eigenvalue weighted by molar-refractivity contribution is 5.95. The van der Waals surface area contributed by atoms with Crippen LogP contribution in [0.5, 0.6) is 0 Å². The quantitative estimate of drug-likeness (QED) is 0.182. The molecule has 0 aliphatic rings. The molecule has 50 heavy (non-hydrogen) atoms. The van der Waals surface area contributed by atoms with E-state index in [0.29, 0.717) is 17.5 Å². The first-order valence-electron chi connectivity index (χ1n) is 16.9. The lowest BCUT2D eigenvalue weighted by Crippen LogP contribution is -2.00. The van der Waals surface area contributed by atoms with Gasteiger partial charge in [-0.1, -0.05) is 170 Å². The molecule has 3 nitrogen and oxygen atoms in total. The molecule has 9 aromatic rings. The Hall–Kier alpha value is -6.71. The van der Waals surface area contributed by atoms with Gasteiger partial charge in [-0.05, 0) is 73.1 Å². The van der Waals surface area contributed by atoms with Crippen molar-refractivity contribution in [2.75, 3.05) is 0 Å². The summed E-state index contributed by atoms with van der Waals surface area (Å²) in [5.41, 5.74) is 10.1. The molecule has 0 saturated heterocycles. The molecule has 0 N–H and O–H groups in total. The third-order valence-electron chi connectivity index (χ3n) is 9.31. The maximum absolute atomic E-state index is 4.89. The van der Waals surface area contributed by atoms with Gasteiger partial charge in [-0.25, -0.2) is 15.0 Å². The first kappa shape index (κ1) is 29.4. The van der Waals surface area contributed by atoms with Crippen LogP contribution in [0.3, 0.4) is 0 Å². The molecule has 3 heteroatoms. The summed E-state index contributed by atoms with van der Waals surface area (Å²) in [6.07, 6.45) is 0. The smallest absolute Gasteiger partial charge is 0.164 e. The Morgan fingerprint density at radius 1 is 0.220 bits per heavy atom. The second-order valence-corrected chi connectivity index (χ2v) is 12.5. The van der Waals surface area contributed by atoms with Gasteiger partial charge < -0.3 is 0 Å². The molecule has 8 aromatic carbocycles. The van der Waals surface area contributed by atoms with Crippen LogP contribution in [0.15, 0.2) is 188 Å². The zero-order valence-corrected chi connectivity index (χ0v) is 27.2. The summed E-state index contributed by atoms with van der Waals surface area (Å²) < 4.78 is 0. The molecule has 0 radical (unpaired) electrons. The zero-order valence-electron chi connectivity index (χ0n) is 27.2. The fourth-order valence-corrected chi connectivity index (χ4v) is 6.69. The lowest BCUT2D eigenvalue weighted by atomic mass is 9.91. The Morgan fingerprint density at radius 2 is 0.560 bits per heavy atom. The summed E-state index contributed by atoms with van der Waals surface area (Å²) in [5, 5.41) is 4.92. The molecular weight excluding hydrogens is 607 g/mol. The van der Waals surface area contributed by atoms with Gasteiger partial charge in [0.1, 0.15) is 0 Å². The molecule has 0 saturated carbocycles. The van der Waals surface area contributed by atoms with Crippen molar-refractivity contribution >= 4 is 21.5 Å². The highest BCUT2D eigenvalue weighted by atomic mass is 15.0. The van der Waals surface area contributed by atoms with Gasteiger partial charge in [0.15, 0.2) is 17.5 Å². The number of fused-ring (bicyclic) bond motifs is 2. The third-order valence-corrected chi connectivity index (χ3v) is 9.31. The summed E-state index contributed by atoms with van der Waals surface area (Å²) >= 11 is 0. The van der Waals surface area contributed by atoms with E-state index >= 15 is 0 Å². The zero-order chi connectivity index (χ0) is 33.3. The van der Waals surface area contributed by atoms with Crippen molar-refractivity contribution < 1.29 is 0 Å². The average Bonchev–Trinajstić information content (AvgIpc) is 3.21. The second kappa shape index (κ2) is 12.7. The fraction of sp³-hybridized carbons (Fsp3) is 0. The normalized spacial score (nSPS) is 11.2. The molecular formula is C47H31N3. The molecule has 1 heterocycles. The van der Waals surface area contributed by atoms with Crippen molar-refractivity contribution in [2.45, 2.75) is 0 Å². The number of nitrogens with zero attached hydrogens (tertiary/aromatic N) is 3. The topological polar surface area (TPSA) is 38.7 Å².